The minimum atomic E-state index is 0.640. The molecule has 23 heavy (non-hydrogen) atoms. The summed E-state index contributed by atoms with van der Waals surface area (Å²) < 4.78 is 1.85. The molecule has 6 heteroatoms. The zero-order valence-corrected chi connectivity index (χ0v) is 13.4. The molecule has 118 valence electrons. The van der Waals surface area contributed by atoms with Gasteiger partial charge in [-0.25, -0.2) is 14.6 Å². The van der Waals surface area contributed by atoms with E-state index in [9.17, 15) is 0 Å². The molecule has 0 saturated carbocycles. The first-order valence-electron chi connectivity index (χ1n) is 7.88. The molecule has 1 aliphatic rings. The van der Waals surface area contributed by atoms with E-state index < -0.39 is 0 Å². The van der Waals surface area contributed by atoms with Gasteiger partial charge in [0.1, 0.15) is 6.33 Å². The molecule has 1 aromatic carbocycles. The maximum absolute atomic E-state index is 4.42. The average molecular weight is 308 g/mol. The monoisotopic (exact) mass is 308 g/mol. The van der Waals surface area contributed by atoms with Crippen molar-refractivity contribution in [2.75, 3.05) is 32.1 Å². The second-order valence-electron chi connectivity index (χ2n) is 6.23. The van der Waals surface area contributed by atoms with Crippen LogP contribution in [0.4, 0.5) is 5.69 Å². The Morgan fingerprint density at radius 3 is 2.61 bits per heavy atom. The number of fused-ring (bicyclic) bond motifs is 1. The minimum absolute atomic E-state index is 0.640. The van der Waals surface area contributed by atoms with Gasteiger partial charge in [0.15, 0.2) is 5.65 Å². The highest BCUT2D eigenvalue weighted by Gasteiger charge is 2.24. The Hall–Kier alpha value is -2.47. The summed E-state index contributed by atoms with van der Waals surface area (Å²) in [5, 5.41) is 5.37. The molecule has 1 saturated heterocycles. The van der Waals surface area contributed by atoms with Gasteiger partial charge in [0.2, 0.25) is 0 Å². The molecule has 0 aliphatic carbocycles. The van der Waals surface area contributed by atoms with Gasteiger partial charge in [-0.3, -0.25) is 0 Å². The summed E-state index contributed by atoms with van der Waals surface area (Å²) in [6.07, 6.45) is 6.35. The second kappa shape index (κ2) is 5.62. The van der Waals surface area contributed by atoms with Crippen LogP contribution in [0.2, 0.25) is 0 Å². The van der Waals surface area contributed by atoms with E-state index in [4.69, 9.17) is 0 Å². The lowest BCUT2D eigenvalue weighted by Gasteiger charge is -2.22. The lowest BCUT2D eigenvalue weighted by molar-refractivity contribution is 0.315. The van der Waals surface area contributed by atoms with Crippen LogP contribution in [0.1, 0.15) is 6.42 Å². The number of hydrogen-bond donors (Lipinski definition) is 0. The van der Waals surface area contributed by atoms with Crippen LogP contribution in [0.15, 0.2) is 43.0 Å². The predicted octanol–water partition coefficient (Wildman–Crippen LogP) is 1.96. The number of nitrogens with zero attached hydrogens (tertiary/aromatic N) is 6. The van der Waals surface area contributed by atoms with E-state index in [-0.39, 0.29) is 0 Å². The summed E-state index contributed by atoms with van der Waals surface area (Å²) in [4.78, 5) is 13.1. The van der Waals surface area contributed by atoms with Crippen molar-refractivity contribution in [1.29, 1.82) is 0 Å². The van der Waals surface area contributed by atoms with E-state index in [1.54, 1.807) is 18.7 Å². The molecule has 1 aliphatic heterocycles. The molecule has 0 radical (unpaired) electrons. The molecule has 0 bridgehead atoms. The molecular formula is C17H20N6. The Bertz CT molecular complexity index is 807. The second-order valence-corrected chi connectivity index (χ2v) is 6.23. The van der Waals surface area contributed by atoms with Crippen molar-refractivity contribution >= 4 is 16.7 Å². The van der Waals surface area contributed by atoms with Crippen molar-refractivity contribution in [3.8, 4) is 5.69 Å². The largest absolute Gasteiger partial charge is 0.370 e. The highest BCUT2D eigenvalue weighted by Crippen LogP contribution is 2.24. The SMILES string of the molecule is CN(C)[C@H]1CCN(c2ccc(-n3ncc4cncnc43)cc2)C1. The Labute approximate surface area is 135 Å². The summed E-state index contributed by atoms with van der Waals surface area (Å²) in [7, 11) is 4.31. The van der Waals surface area contributed by atoms with Crippen LogP contribution < -0.4 is 4.90 Å². The molecule has 1 fully saturated rings. The molecule has 0 unspecified atom stereocenters. The van der Waals surface area contributed by atoms with E-state index in [1.165, 1.54) is 12.1 Å². The van der Waals surface area contributed by atoms with Crippen LogP contribution in [0.3, 0.4) is 0 Å². The van der Waals surface area contributed by atoms with Gasteiger partial charge in [-0.05, 0) is 44.8 Å². The van der Waals surface area contributed by atoms with Gasteiger partial charge in [0.05, 0.1) is 17.3 Å². The minimum Gasteiger partial charge on any atom is -0.370 e. The van der Waals surface area contributed by atoms with Gasteiger partial charge < -0.3 is 9.80 Å². The molecule has 0 spiro atoms. The van der Waals surface area contributed by atoms with Crippen molar-refractivity contribution in [2.24, 2.45) is 0 Å². The zero-order chi connectivity index (χ0) is 15.8. The average Bonchev–Trinajstić information content (AvgIpc) is 3.22. The van der Waals surface area contributed by atoms with Crippen LogP contribution in [-0.4, -0.2) is 57.9 Å². The standard InChI is InChI=1S/C17H20N6/c1-21(2)16-7-8-22(11-16)14-3-5-15(6-4-14)23-17-13(10-20-23)9-18-12-19-17/h3-6,9-10,12,16H,7-8,11H2,1-2H3/t16-/m0/s1. The first-order valence-corrected chi connectivity index (χ1v) is 7.88. The summed E-state index contributed by atoms with van der Waals surface area (Å²) in [5.74, 6) is 0. The van der Waals surface area contributed by atoms with Crippen LogP contribution in [0.5, 0.6) is 0 Å². The molecule has 0 N–H and O–H groups in total. The fourth-order valence-electron chi connectivity index (χ4n) is 3.17. The summed E-state index contributed by atoms with van der Waals surface area (Å²) >= 11 is 0. The van der Waals surface area contributed by atoms with Crippen LogP contribution in [-0.2, 0) is 0 Å². The normalized spacial score (nSPS) is 18.2. The van der Waals surface area contributed by atoms with E-state index in [0.717, 1.165) is 29.8 Å². The molecule has 6 nitrogen and oxygen atoms in total. The maximum Gasteiger partial charge on any atom is 0.166 e. The van der Waals surface area contributed by atoms with Crippen molar-refractivity contribution < 1.29 is 0 Å². The molecule has 3 aromatic rings. The highest BCUT2D eigenvalue weighted by atomic mass is 15.3. The Balaban J connectivity index is 1.59. The molecule has 0 amide bonds. The molecule has 1 atom stereocenters. The summed E-state index contributed by atoms with van der Waals surface area (Å²) in [5.41, 5.74) is 3.12. The van der Waals surface area contributed by atoms with Crippen LogP contribution >= 0.6 is 0 Å². The molecule has 3 heterocycles. The number of anilines is 1. The van der Waals surface area contributed by atoms with E-state index >= 15 is 0 Å². The van der Waals surface area contributed by atoms with Crippen molar-refractivity contribution in [2.45, 2.75) is 12.5 Å². The molecule has 2 aromatic heterocycles. The Kier molecular flexibility index (Phi) is 3.46. The van der Waals surface area contributed by atoms with Crippen molar-refractivity contribution in [1.82, 2.24) is 24.6 Å². The maximum atomic E-state index is 4.42. The van der Waals surface area contributed by atoms with Crippen LogP contribution in [0, 0.1) is 0 Å². The Morgan fingerprint density at radius 2 is 1.87 bits per heavy atom. The van der Waals surface area contributed by atoms with Gasteiger partial charge in [0, 0.05) is 31.0 Å². The fourth-order valence-corrected chi connectivity index (χ4v) is 3.17. The molecule has 4 rings (SSSR count). The van der Waals surface area contributed by atoms with Gasteiger partial charge in [-0.1, -0.05) is 0 Å². The van der Waals surface area contributed by atoms with E-state index in [1.807, 2.05) is 4.68 Å². The van der Waals surface area contributed by atoms with Gasteiger partial charge >= 0.3 is 0 Å². The van der Waals surface area contributed by atoms with Gasteiger partial charge in [0.25, 0.3) is 0 Å². The van der Waals surface area contributed by atoms with Gasteiger partial charge in [-0.15, -0.1) is 0 Å². The fraction of sp³-hybridized carbons (Fsp3) is 0.353. The third kappa shape index (κ3) is 2.55. The number of benzene rings is 1. The first-order chi connectivity index (χ1) is 11.2. The predicted molar refractivity (Wildman–Crippen MR) is 91.0 cm³/mol. The van der Waals surface area contributed by atoms with Crippen LogP contribution in [0.25, 0.3) is 16.7 Å². The van der Waals surface area contributed by atoms with Crippen molar-refractivity contribution in [3.63, 3.8) is 0 Å². The van der Waals surface area contributed by atoms with E-state index in [0.29, 0.717) is 6.04 Å². The van der Waals surface area contributed by atoms with Crippen molar-refractivity contribution in [3.05, 3.63) is 43.0 Å². The lowest BCUT2D eigenvalue weighted by atomic mass is 10.2. The topological polar surface area (TPSA) is 50.1 Å². The Morgan fingerprint density at radius 1 is 1.09 bits per heavy atom. The number of rotatable bonds is 3. The number of hydrogen-bond acceptors (Lipinski definition) is 5. The van der Waals surface area contributed by atoms with Gasteiger partial charge in [-0.2, -0.15) is 5.10 Å². The lowest BCUT2D eigenvalue weighted by Crippen LogP contribution is -2.31. The summed E-state index contributed by atoms with van der Waals surface area (Å²) in [6, 6.07) is 9.19. The third-order valence-corrected chi connectivity index (χ3v) is 4.58. The zero-order valence-electron chi connectivity index (χ0n) is 13.4. The number of aromatic nitrogens is 4. The number of likely N-dealkylation sites (N-methyl/N-ethyl adjacent to an activating group) is 1. The molecular weight excluding hydrogens is 288 g/mol. The first kappa shape index (κ1) is 14.1. The summed E-state index contributed by atoms with van der Waals surface area (Å²) in [6.45, 7) is 2.20. The highest BCUT2D eigenvalue weighted by molar-refractivity contribution is 5.75. The third-order valence-electron chi connectivity index (χ3n) is 4.58. The smallest absolute Gasteiger partial charge is 0.166 e. The quantitative estimate of drug-likeness (QED) is 0.740. The van der Waals surface area contributed by atoms with E-state index in [2.05, 4.69) is 63.2 Å².